The molecule has 4 nitrogen and oxygen atoms in total. The normalized spacial score (nSPS) is 10.7. The van der Waals surface area contributed by atoms with E-state index in [9.17, 15) is 9.90 Å². The molecule has 0 aliphatic carbocycles. The SMILES string of the molecule is CCOc1cccc(C(=O)O)c1-c1c[nH]c2ccccc12. The monoisotopic (exact) mass is 281 g/mol. The van der Waals surface area contributed by atoms with Crippen LogP contribution in [0.2, 0.25) is 0 Å². The lowest BCUT2D eigenvalue weighted by Gasteiger charge is -2.12. The second-order valence-corrected chi connectivity index (χ2v) is 4.66. The van der Waals surface area contributed by atoms with Crippen LogP contribution in [-0.4, -0.2) is 22.7 Å². The third kappa shape index (κ3) is 2.25. The van der Waals surface area contributed by atoms with Crippen LogP contribution in [0.5, 0.6) is 5.75 Å². The third-order valence-electron chi connectivity index (χ3n) is 3.42. The van der Waals surface area contributed by atoms with Gasteiger partial charge in [-0.1, -0.05) is 24.3 Å². The van der Waals surface area contributed by atoms with Gasteiger partial charge in [-0.15, -0.1) is 0 Å². The zero-order valence-corrected chi connectivity index (χ0v) is 11.6. The summed E-state index contributed by atoms with van der Waals surface area (Å²) in [7, 11) is 0. The van der Waals surface area contributed by atoms with Crippen LogP contribution in [0.25, 0.3) is 22.0 Å². The van der Waals surface area contributed by atoms with Gasteiger partial charge in [0.25, 0.3) is 0 Å². The molecule has 3 aromatic rings. The molecule has 0 fully saturated rings. The maximum absolute atomic E-state index is 11.5. The quantitative estimate of drug-likeness (QED) is 0.761. The van der Waals surface area contributed by atoms with Crippen LogP contribution in [0.3, 0.4) is 0 Å². The van der Waals surface area contributed by atoms with E-state index in [2.05, 4.69) is 4.98 Å². The summed E-state index contributed by atoms with van der Waals surface area (Å²) in [6, 6.07) is 12.9. The predicted octanol–water partition coefficient (Wildman–Crippen LogP) is 3.93. The lowest BCUT2D eigenvalue weighted by Crippen LogP contribution is -2.02. The second kappa shape index (κ2) is 5.32. The van der Waals surface area contributed by atoms with Crippen molar-refractivity contribution in [3.8, 4) is 16.9 Å². The van der Waals surface area contributed by atoms with Gasteiger partial charge in [0.1, 0.15) is 5.75 Å². The highest BCUT2D eigenvalue weighted by Crippen LogP contribution is 2.37. The number of para-hydroxylation sites is 1. The van der Waals surface area contributed by atoms with Crippen molar-refractivity contribution < 1.29 is 14.6 Å². The number of aromatic nitrogens is 1. The summed E-state index contributed by atoms with van der Waals surface area (Å²) in [5.41, 5.74) is 2.66. The van der Waals surface area contributed by atoms with Crippen LogP contribution in [-0.2, 0) is 0 Å². The number of aromatic carboxylic acids is 1. The minimum absolute atomic E-state index is 0.241. The molecular formula is C17H15NO3. The van der Waals surface area contributed by atoms with Gasteiger partial charge in [0.15, 0.2) is 0 Å². The highest BCUT2D eigenvalue weighted by molar-refractivity contribution is 6.05. The van der Waals surface area contributed by atoms with Crippen molar-refractivity contribution in [2.45, 2.75) is 6.92 Å². The van der Waals surface area contributed by atoms with Crippen LogP contribution < -0.4 is 4.74 Å². The Balaban J connectivity index is 2.31. The third-order valence-corrected chi connectivity index (χ3v) is 3.42. The van der Waals surface area contributed by atoms with E-state index < -0.39 is 5.97 Å². The molecular weight excluding hydrogens is 266 g/mol. The van der Waals surface area contributed by atoms with Gasteiger partial charge >= 0.3 is 5.97 Å². The minimum atomic E-state index is -0.961. The van der Waals surface area contributed by atoms with Gasteiger partial charge in [0.05, 0.1) is 12.2 Å². The number of fused-ring (bicyclic) bond motifs is 1. The summed E-state index contributed by atoms with van der Waals surface area (Å²) < 4.78 is 5.62. The maximum atomic E-state index is 11.5. The molecule has 1 aromatic heterocycles. The number of benzene rings is 2. The van der Waals surface area contributed by atoms with E-state index in [-0.39, 0.29) is 5.56 Å². The van der Waals surface area contributed by atoms with E-state index in [0.29, 0.717) is 17.9 Å². The summed E-state index contributed by atoms with van der Waals surface area (Å²) in [6.07, 6.45) is 1.83. The minimum Gasteiger partial charge on any atom is -0.493 e. The zero-order chi connectivity index (χ0) is 14.8. The average molecular weight is 281 g/mol. The molecule has 0 aliphatic heterocycles. The number of carboxylic acids is 1. The van der Waals surface area contributed by atoms with Crippen molar-refractivity contribution in [1.82, 2.24) is 4.98 Å². The largest absolute Gasteiger partial charge is 0.493 e. The van der Waals surface area contributed by atoms with Crippen LogP contribution in [0.4, 0.5) is 0 Å². The van der Waals surface area contributed by atoms with Gasteiger partial charge in [-0.3, -0.25) is 0 Å². The Bertz CT molecular complexity index is 805. The van der Waals surface area contributed by atoms with E-state index in [0.717, 1.165) is 16.5 Å². The molecule has 21 heavy (non-hydrogen) atoms. The van der Waals surface area contributed by atoms with Crippen molar-refractivity contribution in [2.24, 2.45) is 0 Å². The molecule has 0 radical (unpaired) electrons. The molecule has 2 aromatic carbocycles. The first-order valence-electron chi connectivity index (χ1n) is 6.78. The number of ether oxygens (including phenoxy) is 1. The Labute approximate surface area is 122 Å². The Morgan fingerprint density at radius 3 is 2.76 bits per heavy atom. The molecule has 1 heterocycles. The fourth-order valence-electron chi connectivity index (χ4n) is 2.54. The van der Waals surface area contributed by atoms with Gasteiger partial charge in [-0.2, -0.15) is 0 Å². The highest BCUT2D eigenvalue weighted by atomic mass is 16.5. The molecule has 0 saturated heterocycles. The summed E-state index contributed by atoms with van der Waals surface area (Å²) in [5.74, 6) is -0.376. The Morgan fingerprint density at radius 1 is 1.19 bits per heavy atom. The van der Waals surface area contributed by atoms with E-state index in [4.69, 9.17) is 4.74 Å². The first-order chi connectivity index (χ1) is 10.2. The molecule has 3 rings (SSSR count). The summed E-state index contributed by atoms with van der Waals surface area (Å²) in [5, 5.41) is 10.4. The van der Waals surface area contributed by atoms with Gasteiger partial charge in [-0.05, 0) is 25.1 Å². The van der Waals surface area contributed by atoms with E-state index in [1.165, 1.54) is 0 Å². The number of hydrogen-bond donors (Lipinski definition) is 2. The molecule has 0 atom stereocenters. The van der Waals surface area contributed by atoms with Gasteiger partial charge in [0.2, 0.25) is 0 Å². The number of carbonyl (C=O) groups is 1. The van der Waals surface area contributed by atoms with Gasteiger partial charge < -0.3 is 14.8 Å². The number of hydrogen-bond acceptors (Lipinski definition) is 2. The lowest BCUT2D eigenvalue weighted by molar-refractivity contribution is 0.0697. The highest BCUT2D eigenvalue weighted by Gasteiger charge is 2.19. The average Bonchev–Trinajstić information content (AvgIpc) is 2.91. The number of nitrogens with one attached hydrogen (secondary N) is 1. The van der Waals surface area contributed by atoms with Crippen molar-refractivity contribution >= 4 is 16.9 Å². The molecule has 0 bridgehead atoms. The smallest absolute Gasteiger partial charge is 0.336 e. The van der Waals surface area contributed by atoms with Gasteiger partial charge in [-0.25, -0.2) is 4.79 Å². The molecule has 0 saturated carbocycles. The summed E-state index contributed by atoms with van der Waals surface area (Å²) in [4.78, 5) is 14.7. The van der Waals surface area contributed by atoms with E-state index >= 15 is 0 Å². The van der Waals surface area contributed by atoms with Crippen molar-refractivity contribution in [3.63, 3.8) is 0 Å². The van der Waals surface area contributed by atoms with E-state index in [1.54, 1.807) is 18.2 Å². The lowest BCUT2D eigenvalue weighted by atomic mass is 9.98. The van der Waals surface area contributed by atoms with Crippen molar-refractivity contribution in [2.75, 3.05) is 6.61 Å². The van der Waals surface area contributed by atoms with Crippen LogP contribution in [0.15, 0.2) is 48.7 Å². The van der Waals surface area contributed by atoms with Gasteiger partial charge in [0, 0.05) is 28.2 Å². The number of rotatable bonds is 4. The number of H-pyrrole nitrogens is 1. The zero-order valence-electron chi connectivity index (χ0n) is 11.6. The standard InChI is InChI=1S/C17H15NO3/c1-2-21-15-9-5-7-12(17(19)20)16(15)13-10-18-14-8-4-3-6-11(13)14/h3-10,18H,2H2,1H3,(H,19,20). The molecule has 2 N–H and O–H groups in total. The molecule has 0 spiro atoms. The maximum Gasteiger partial charge on any atom is 0.336 e. The molecule has 106 valence electrons. The van der Waals surface area contributed by atoms with E-state index in [1.807, 2.05) is 37.4 Å². The van der Waals surface area contributed by atoms with Crippen molar-refractivity contribution in [3.05, 3.63) is 54.2 Å². The fourth-order valence-corrected chi connectivity index (χ4v) is 2.54. The fraction of sp³-hybridized carbons (Fsp3) is 0.118. The van der Waals surface area contributed by atoms with Crippen LogP contribution in [0, 0.1) is 0 Å². The second-order valence-electron chi connectivity index (χ2n) is 4.66. The number of carboxylic acid groups (broad SMARTS) is 1. The summed E-state index contributed by atoms with van der Waals surface area (Å²) >= 11 is 0. The molecule has 0 unspecified atom stereocenters. The number of aromatic amines is 1. The molecule has 0 aliphatic rings. The molecule has 0 amide bonds. The first kappa shape index (κ1) is 13.2. The topological polar surface area (TPSA) is 62.3 Å². The summed E-state index contributed by atoms with van der Waals surface area (Å²) in [6.45, 7) is 2.37. The Morgan fingerprint density at radius 2 is 2.00 bits per heavy atom. The van der Waals surface area contributed by atoms with Crippen LogP contribution in [0.1, 0.15) is 17.3 Å². The predicted molar refractivity (Wildman–Crippen MR) is 81.9 cm³/mol. The van der Waals surface area contributed by atoms with Crippen LogP contribution >= 0.6 is 0 Å². The first-order valence-corrected chi connectivity index (χ1v) is 6.78. The molecule has 4 heteroatoms. The van der Waals surface area contributed by atoms with Crippen molar-refractivity contribution in [1.29, 1.82) is 0 Å². The Hall–Kier alpha value is -2.75. The Kier molecular flexibility index (Phi) is 3.36.